The summed E-state index contributed by atoms with van der Waals surface area (Å²) >= 11 is 0. The third kappa shape index (κ3) is 2.59. The summed E-state index contributed by atoms with van der Waals surface area (Å²) in [7, 11) is 0. The van der Waals surface area contributed by atoms with E-state index in [-0.39, 0.29) is 0 Å². The van der Waals surface area contributed by atoms with Gasteiger partial charge in [-0.15, -0.1) is 10.2 Å². The summed E-state index contributed by atoms with van der Waals surface area (Å²) < 4.78 is 5.12. The van der Waals surface area contributed by atoms with Crippen LogP contribution in [0.1, 0.15) is 19.8 Å². The van der Waals surface area contributed by atoms with Crippen LogP contribution in [0.3, 0.4) is 0 Å². The van der Waals surface area contributed by atoms with Gasteiger partial charge in [-0.3, -0.25) is 0 Å². The number of nitrogens with one attached hydrogen (secondary N) is 1. The second-order valence-electron chi connectivity index (χ2n) is 3.60. The zero-order valence-corrected chi connectivity index (χ0v) is 9.31. The van der Waals surface area contributed by atoms with Gasteiger partial charge in [-0.05, 0) is 30.7 Å². The van der Waals surface area contributed by atoms with E-state index in [0.29, 0.717) is 5.89 Å². The monoisotopic (exact) mass is 217 g/mol. The largest absolute Gasteiger partial charge is 0.423 e. The summed E-state index contributed by atoms with van der Waals surface area (Å²) in [4.78, 5) is 0. The molecule has 84 valence electrons. The molecule has 16 heavy (non-hydrogen) atoms. The van der Waals surface area contributed by atoms with E-state index in [4.69, 9.17) is 4.42 Å². The van der Waals surface area contributed by atoms with Crippen molar-refractivity contribution in [2.75, 3.05) is 11.9 Å². The molecule has 4 heteroatoms. The predicted octanol–water partition coefficient (Wildman–Crippen LogP) is 2.95. The second-order valence-corrected chi connectivity index (χ2v) is 3.60. The molecule has 0 aliphatic carbocycles. The summed E-state index contributed by atoms with van der Waals surface area (Å²) in [6.45, 7) is 3.19. The number of hydrogen-bond donors (Lipinski definition) is 1. The fraction of sp³-hybridized carbons (Fsp3) is 0.333. The van der Waals surface area contributed by atoms with Crippen LogP contribution < -0.4 is 5.32 Å². The minimum Gasteiger partial charge on any atom is -0.423 e. The summed E-state index contributed by atoms with van der Waals surface area (Å²) in [5.74, 6) is 0.556. The number of rotatable bonds is 5. The van der Waals surface area contributed by atoms with Crippen molar-refractivity contribution in [1.82, 2.24) is 10.2 Å². The molecule has 0 aliphatic rings. The Labute approximate surface area is 94.7 Å². The van der Waals surface area contributed by atoms with Gasteiger partial charge in [0.05, 0.1) is 0 Å². The van der Waals surface area contributed by atoms with Crippen molar-refractivity contribution in [2.45, 2.75) is 19.8 Å². The smallest absolute Gasteiger partial charge is 0.247 e. The Balaban J connectivity index is 2.00. The van der Waals surface area contributed by atoms with Crippen molar-refractivity contribution < 1.29 is 4.42 Å². The maximum atomic E-state index is 5.12. The molecule has 0 saturated carbocycles. The molecule has 0 atom stereocenters. The van der Waals surface area contributed by atoms with Crippen LogP contribution in [0.2, 0.25) is 0 Å². The highest BCUT2D eigenvalue weighted by Gasteiger charge is 2.02. The van der Waals surface area contributed by atoms with E-state index in [1.807, 2.05) is 24.3 Å². The SMILES string of the molecule is CCCCNc1ccc(-c2nnco2)cc1. The van der Waals surface area contributed by atoms with E-state index in [1.54, 1.807) is 0 Å². The molecule has 0 aliphatic heterocycles. The lowest BCUT2D eigenvalue weighted by molar-refractivity contribution is 0.568. The van der Waals surface area contributed by atoms with Crippen molar-refractivity contribution in [3.05, 3.63) is 30.7 Å². The average Bonchev–Trinajstić information content (AvgIpc) is 2.84. The van der Waals surface area contributed by atoms with Crippen LogP contribution in [-0.4, -0.2) is 16.7 Å². The number of unbranched alkanes of at least 4 members (excludes halogenated alkanes) is 1. The highest BCUT2D eigenvalue weighted by Crippen LogP contribution is 2.18. The van der Waals surface area contributed by atoms with Gasteiger partial charge in [0.25, 0.3) is 0 Å². The first kappa shape index (κ1) is 10.7. The second kappa shape index (κ2) is 5.30. The molecule has 2 aromatic rings. The van der Waals surface area contributed by atoms with E-state index in [0.717, 1.165) is 17.8 Å². The van der Waals surface area contributed by atoms with Crippen LogP contribution in [0.5, 0.6) is 0 Å². The Morgan fingerprint density at radius 3 is 2.69 bits per heavy atom. The molecule has 0 amide bonds. The van der Waals surface area contributed by atoms with Crippen LogP contribution in [0.4, 0.5) is 5.69 Å². The molecule has 0 unspecified atom stereocenters. The minimum atomic E-state index is 0.556. The molecule has 0 spiro atoms. The highest BCUT2D eigenvalue weighted by atomic mass is 16.4. The third-order valence-electron chi connectivity index (χ3n) is 2.35. The summed E-state index contributed by atoms with van der Waals surface area (Å²) in [5.41, 5.74) is 2.07. The first-order valence-electron chi connectivity index (χ1n) is 5.50. The maximum absolute atomic E-state index is 5.12. The normalized spacial score (nSPS) is 10.3. The molecule has 1 aromatic carbocycles. The first-order chi connectivity index (χ1) is 7.90. The molecule has 0 saturated heterocycles. The van der Waals surface area contributed by atoms with Crippen LogP contribution in [0, 0.1) is 0 Å². The molecule has 1 heterocycles. The van der Waals surface area contributed by atoms with E-state index in [2.05, 4.69) is 22.4 Å². The summed E-state index contributed by atoms with van der Waals surface area (Å²) in [6, 6.07) is 7.99. The summed E-state index contributed by atoms with van der Waals surface area (Å²) in [6.07, 6.45) is 3.72. The quantitative estimate of drug-likeness (QED) is 0.782. The Morgan fingerprint density at radius 2 is 2.06 bits per heavy atom. The van der Waals surface area contributed by atoms with E-state index < -0.39 is 0 Å². The molecular weight excluding hydrogens is 202 g/mol. The zero-order chi connectivity index (χ0) is 11.2. The molecule has 1 N–H and O–H groups in total. The van der Waals surface area contributed by atoms with Crippen LogP contribution >= 0.6 is 0 Å². The van der Waals surface area contributed by atoms with Crippen molar-refractivity contribution >= 4 is 5.69 Å². The third-order valence-corrected chi connectivity index (χ3v) is 2.35. The summed E-state index contributed by atoms with van der Waals surface area (Å²) in [5, 5.41) is 10.9. The standard InChI is InChI=1S/C12H15N3O/c1-2-3-8-13-11-6-4-10(5-7-11)12-15-14-9-16-12/h4-7,9,13H,2-3,8H2,1H3. The number of anilines is 1. The Hall–Kier alpha value is -1.84. The van der Waals surface area contributed by atoms with Gasteiger partial charge < -0.3 is 9.73 Å². The molecule has 0 bridgehead atoms. The topological polar surface area (TPSA) is 51.0 Å². The molecular formula is C12H15N3O. The maximum Gasteiger partial charge on any atom is 0.247 e. The Bertz CT molecular complexity index is 408. The van der Waals surface area contributed by atoms with Crippen molar-refractivity contribution in [2.24, 2.45) is 0 Å². The number of hydrogen-bond acceptors (Lipinski definition) is 4. The first-order valence-corrected chi connectivity index (χ1v) is 5.50. The van der Waals surface area contributed by atoms with E-state index >= 15 is 0 Å². The lowest BCUT2D eigenvalue weighted by Crippen LogP contribution is -2.00. The number of benzene rings is 1. The highest BCUT2D eigenvalue weighted by molar-refractivity contribution is 5.57. The molecule has 0 fully saturated rings. The van der Waals surface area contributed by atoms with Crippen LogP contribution in [0.25, 0.3) is 11.5 Å². The zero-order valence-electron chi connectivity index (χ0n) is 9.31. The number of aromatic nitrogens is 2. The fourth-order valence-corrected chi connectivity index (χ4v) is 1.44. The van der Waals surface area contributed by atoms with Gasteiger partial charge in [-0.25, -0.2) is 0 Å². The van der Waals surface area contributed by atoms with Crippen molar-refractivity contribution in [3.8, 4) is 11.5 Å². The Kier molecular flexibility index (Phi) is 3.53. The molecule has 2 rings (SSSR count). The lowest BCUT2D eigenvalue weighted by atomic mass is 10.2. The van der Waals surface area contributed by atoms with Gasteiger partial charge in [0, 0.05) is 17.8 Å². The van der Waals surface area contributed by atoms with Gasteiger partial charge in [0.1, 0.15) is 0 Å². The Morgan fingerprint density at radius 1 is 1.25 bits per heavy atom. The van der Waals surface area contributed by atoms with Crippen LogP contribution in [-0.2, 0) is 0 Å². The van der Waals surface area contributed by atoms with E-state index in [9.17, 15) is 0 Å². The minimum absolute atomic E-state index is 0.556. The fourth-order valence-electron chi connectivity index (χ4n) is 1.44. The van der Waals surface area contributed by atoms with Crippen molar-refractivity contribution in [1.29, 1.82) is 0 Å². The predicted molar refractivity (Wildman–Crippen MR) is 63.1 cm³/mol. The van der Waals surface area contributed by atoms with Gasteiger partial charge in [0.2, 0.25) is 12.3 Å². The van der Waals surface area contributed by atoms with Crippen LogP contribution in [0.15, 0.2) is 35.1 Å². The van der Waals surface area contributed by atoms with Crippen molar-refractivity contribution in [3.63, 3.8) is 0 Å². The van der Waals surface area contributed by atoms with Gasteiger partial charge >= 0.3 is 0 Å². The average molecular weight is 217 g/mol. The van der Waals surface area contributed by atoms with Gasteiger partial charge in [0.15, 0.2) is 0 Å². The molecule has 0 radical (unpaired) electrons. The molecule has 1 aromatic heterocycles. The lowest BCUT2D eigenvalue weighted by Gasteiger charge is -2.05. The molecule has 4 nitrogen and oxygen atoms in total. The van der Waals surface area contributed by atoms with Gasteiger partial charge in [-0.2, -0.15) is 0 Å². The van der Waals surface area contributed by atoms with Gasteiger partial charge in [-0.1, -0.05) is 13.3 Å². The van der Waals surface area contributed by atoms with E-state index in [1.165, 1.54) is 19.2 Å². The number of nitrogens with zero attached hydrogens (tertiary/aromatic N) is 2.